The van der Waals surface area contributed by atoms with Crippen LogP contribution in [0.4, 0.5) is 5.69 Å². The van der Waals surface area contributed by atoms with Crippen molar-refractivity contribution < 1.29 is 14.3 Å². The maximum Gasteiger partial charge on any atom is 0.222 e. The van der Waals surface area contributed by atoms with Crippen molar-refractivity contribution in [3.63, 3.8) is 0 Å². The second-order valence-corrected chi connectivity index (χ2v) is 5.07. The minimum absolute atomic E-state index is 0.112. The van der Waals surface area contributed by atoms with Crippen LogP contribution in [0.5, 0.6) is 11.5 Å². The van der Waals surface area contributed by atoms with Crippen LogP contribution < -0.4 is 20.1 Å². The number of benzene rings is 1. The van der Waals surface area contributed by atoms with Gasteiger partial charge in [-0.25, -0.2) is 0 Å². The number of amides is 1. The summed E-state index contributed by atoms with van der Waals surface area (Å²) in [6, 6.07) is 5.99. The number of carbonyl (C=O) groups excluding carboxylic acids is 1. The Labute approximate surface area is 126 Å². The lowest BCUT2D eigenvalue weighted by atomic mass is 10.1. The first kappa shape index (κ1) is 15.5. The standard InChI is InChI=1S/C16H24N2O3/c1-3-20-14-8-7-13(10-15(14)21-4-2)18-12-6-5-9-17-16(19)11-12/h7-8,10,12,18H,3-6,9,11H2,1-2H3,(H,17,19). The summed E-state index contributed by atoms with van der Waals surface area (Å²) in [5.74, 6) is 1.60. The first-order chi connectivity index (χ1) is 10.2. The SMILES string of the molecule is CCOc1ccc(NC2CCCNC(=O)C2)cc1OCC. The van der Waals surface area contributed by atoms with Crippen LogP contribution in [0.2, 0.25) is 0 Å². The first-order valence-electron chi connectivity index (χ1n) is 7.65. The summed E-state index contributed by atoms with van der Waals surface area (Å²) in [7, 11) is 0. The zero-order chi connectivity index (χ0) is 15.1. The fraction of sp³-hybridized carbons (Fsp3) is 0.562. The van der Waals surface area contributed by atoms with Crippen LogP contribution in [0.3, 0.4) is 0 Å². The van der Waals surface area contributed by atoms with Crippen LogP contribution >= 0.6 is 0 Å². The quantitative estimate of drug-likeness (QED) is 0.846. The molecule has 1 aromatic rings. The molecule has 1 heterocycles. The molecule has 1 saturated heterocycles. The molecule has 21 heavy (non-hydrogen) atoms. The molecular weight excluding hydrogens is 268 g/mol. The highest BCUT2D eigenvalue weighted by atomic mass is 16.5. The molecule has 2 N–H and O–H groups in total. The Hall–Kier alpha value is -1.91. The van der Waals surface area contributed by atoms with Gasteiger partial charge in [-0.05, 0) is 38.8 Å². The van der Waals surface area contributed by atoms with Crippen LogP contribution in [-0.4, -0.2) is 31.7 Å². The number of rotatable bonds is 6. The van der Waals surface area contributed by atoms with Crippen LogP contribution in [0.1, 0.15) is 33.1 Å². The molecule has 0 spiro atoms. The van der Waals surface area contributed by atoms with Crippen molar-refractivity contribution in [3.8, 4) is 11.5 Å². The van der Waals surface area contributed by atoms with E-state index in [0.717, 1.165) is 36.6 Å². The fourth-order valence-corrected chi connectivity index (χ4v) is 2.47. The maximum absolute atomic E-state index is 11.6. The zero-order valence-corrected chi connectivity index (χ0v) is 12.8. The van der Waals surface area contributed by atoms with Gasteiger partial charge in [-0.3, -0.25) is 4.79 Å². The summed E-state index contributed by atoms with van der Waals surface area (Å²) in [5.41, 5.74) is 0.960. The Bertz CT molecular complexity index is 477. The lowest BCUT2D eigenvalue weighted by Gasteiger charge is -2.18. The molecule has 0 radical (unpaired) electrons. The smallest absolute Gasteiger partial charge is 0.222 e. The van der Waals surface area contributed by atoms with Gasteiger partial charge in [0.15, 0.2) is 11.5 Å². The molecule has 0 saturated carbocycles. The number of carbonyl (C=O) groups is 1. The molecule has 1 atom stereocenters. The van der Waals surface area contributed by atoms with Gasteiger partial charge in [-0.2, -0.15) is 0 Å². The maximum atomic E-state index is 11.6. The highest BCUT2D eigenvalue weighted by Crippen LogP contribution is 2.31. The van der Waals surface area contributed by atoms with E-state index in [-0.39, 0.29) is 11.9 Å². The molecule has 0 aromatic heterocycles. The third-order valence-electron chi connectivity index (χ3n) is 3.40. The predicted octanol–water partition coefficient (Wildman–Crippen LogP) is 2.56. The summed E-state index contributed by atoms with van der Waals surface area (Å²) in [5, 5.41) is 6.32. The van der Waals surface area contributed by atoms with Crippen molar-refractivity contribution in [3.05, 3.63) is 18.2 Å². The van der Waals surface area contributed by atoms with Crippen LogP contribution in [0.15, 0.2) is 18.2 Å². The summed E-state index contributed by atoms with van der Waals surface area (Å²) in [6.45, 7) is 5.87. The number of anilines is 1. The van der Waals surface area contributed by atoms with Gasteiger partial charge in [0.05, 0.1) is 13.2 Å². The van der Waals surface area contributed by atoms with Gasteiger partial charge >= 0.3 is 0 Å². The molecule has 1 amide bonds. The number of ether oxygens (including phenoxy) is 2. The molecule has 1 fully saturated rings. The Kier molecular flexibility index (Phi) is 5.72. The topological polar surface area (TPSA) is 59.6 Å². The van der Waals surface area contributed by atoms with Crippen molar-refractivity contribution in [1.82, 2.24) is 5.32 Å². The molecular formula is C16H24N2O3. The monoisotopic (exact) mass is 292 g/mol. The average Bonchev–Trinajstić information content (AvgIpc) is 2.66. The lowest BCUT2D eigenvalue weighted by molar-refractivity contribution is -0.120. The van der Waals surface area contributed by atoms with Crippen molar-refractivity contribution in [1.29, 1.82) is 0 Å². The van der Waals surface area contributed by atoms with Gasteiger partial charge in [-0.15, -0.1) is 0 Å². The molecule has 1 unspecified atom stereocenters. The first-order valence-corrected chi connectivity index (χ1v) is 7.65. The minimum Gasteiger partial charge on any atom is -0.490 e. The normalized spacial score (nSPS) is 18.6. The van der Waals surface area contributed by atoms with Crippen molar-refractivity contribution in [2.45, 2.75) is 39.2 Å². The van der Waals surface area contributed by atoms with E-state index < -0.39 is 0 Å². The van der Waals surface area contributed by atoms with E-state index in [1.165, 1.54) is 0 Å². The number of hydrogen-bond donors (Lipinski definition) is 2. The van der Waals surface area contributed by atoms with Gasteiger partial charge in [-0.1, -0.05) is 0 Å². The molecule has 1 aliphatic heterocycles. The van der Waals surface area contributed by atoms with E-state index in [0.29, 0.717) is 19.6 Å². The lowest BCUT2D eigenvalue weighted by Crippen LogP contribution is -2.26. The predicted molar refractivity (Wildman–Crippen MR) is 83.1 cm³/mol. The summed E-state index contributed by atoms with van der Waals surface area (Å²) in [4.78, 5) is 11.6. The van der Waals surface area contributed by atoms with Gasteiger partial charge < -0.3 is 20.1 Å². The van der Waals surface area contributed by atoms with E-state index >= 15 is 0 Å². The fourth-order valence-electron chi connectivity index (χ4n) is 2.47. The largest absolute Gasteiger partial charge is 0.490 e. The second kappa shape index (κ2) is 7.76. The van der Waals surface area contributed by atoms with Crippen LogP contribution in [0.25, 0.3) is 0 Å². The molecule has 1 aromatic carbocycles. The van der Waals surface area contributed by atoms with Gasteiger partial charge in [0.2, 0.25) is 5.91 Å². The third kappa shape index (κ3) is 4.55. The van der Waals surface area contributed by atoms with Gasteiger partial charge in [0.1, 0.15) is 0 Å². The van der Waals surface area contributed by atoms with E-state index in [9.17, 15) is 4.79 Å². The Balaban J connectivity index is 2.08. The summed E-state index contributed by atoms with van der Waals surface area (Å²) >= 11 is 0. The van der Waals surface area contributed by atoms with Crippen molar-refractivity contribution >= 4 is 11.6 Å². The van der Waals surface area contributed by atoms with Crippen molar-refractivity contribution in [2.75, 3.05) is 25.1 Å². The molecule has 5 nitrogen and oxygen atoms in total. The number of nitrogens with one attached hydrogen (secondary N) is 2. The van der Waals surface area contributed by atoms with E-state index in [4.69, 9.17) is 9.47 Å². The Morgan fingerprint density at radius 3 is 2.76 bits per heavy atom. The molecule has 1 aliphatic rings. The van der Waals surface area contributed by atoms with Gasteiger partial charge in [0.25, 0.3) is 0 Å². The highest BCUT2D eigenvalue weighted by Gasteiger charge is 2.17. The average molecular weight is 292 g/mol. The zero-order valence-electron chi connectivity index (χ0n) is 12.8. The van der Waals surface area contributed by atoms with E-state index in [1.54, 1.807) is 0 Å². The van der Waals surface area contributed by atoms with Crippen LogP contribution in [0, 0.1) is 0 Å². The molecule has 0 aliphatic carbocycles. The molecule has 0 bridgehead atoms. The third-order valence-corrected chi connectivity index (χ3v) is 3.40. The van der Waals surface area contributed by atoms with E-state index in [2.05, 4.69) is 10.6 Å². The van der Waals surface area contributed by atoms with Gasteiger partial charge in [0, 0.05) is 30.8 Å². The number of hydrogen-bond acceptors (Lipinski definition) is 4. The summed E-state index contributed by atoms with van der Waals surface area (Å²) < 4.78 is 11.2. The van der Waals surface area contributed by atoms with Crippen molar-refractivity contribution in [2.24, 2.45) is 0 Å². The Morgan fingerprint density at radius 1 is 1.24 bits per heavy atom. The second-order valence-electron chi connectivity index (χ2n) is 5.07. The highest BCUT2D eigenvalue weighted by molar-refractivity contribution is 5.77. The molecule has 2 rings (SSSR count). The Morgan fingerprint density at radius 2 is 2.00 bits per heavy atom. The minimum atomic E-state index is 0.112. The summed E-state index contributed by atoms with van der Waals surface area (Å²) in [6.07, 6.45) is 2.49. The molecule has 5 heteroatoms. The molecule has 116 valence electrons. The van der Waals surface area contributed by atoms with Crippen LogP contribution in [-0.2, 0) is 4.79 Å². The van der Waals surface area contributed by atoms with E-state index in [1.807, 2.05) is 32.0 Å².